The lowest BCUT2D eigenvalue weighted by atomic mass is 10.1. The first kappa shape index (κ1) is 14.1. The number of carbonyl (C=O) groups excluding carboxylic acids is 1. The molecule has 0 atom stereocenters. The van der Waals surface area contributed by atoms with Gasteiger partial charge in [0.1, 0.15) is 0 Å². The Hall–Kier alpha value is -2.30. The number of nitrogens with one attached hydrogen (secondary N) is 2. The minimum Gasteiger partial charge on any atom is -0.385 e. The van der Waals surface area contributed by atoms with Crippen molar-refractivity contribution in [2.45, 2.75) is 19.9 Å². The summed E-state index contributed by atoms with van der Waals surface area (Å²) in [5, 5.41) is 9.91. The van der Waals surface area contributed by atoms with Crippen molar-refractivity contribution < 1.29 is 4.79 Å². The van der Waals surface area contributed by atoms with Crippen LogP contribution in [0, 0.1) is 0 Å². The summed E-state index contributed by atoms with van der Waals surface area (Å²) in [6, 6.07) is 7.58. The molecule has 1 amide bonds. The van der Waals surface area contributed by atoms with E-state index in [0.717, 1.165) is 24.2 Å². The molecule has 2 rings (SSSR count). The zero-order valence-electron chi connectivity index (χ0n) is 11.9. The molecular weight excluding hydrogens is 252 g/mol. The second-order valence-corrected chi connectivity index (χ2v) is 4.77. The van der Waals surface area contributed by atoms with Crippen molar-refractivity contribution in [2.75, 3.05) is 18.9 Å². The van der Waals surface area contributed by atoms with Gasteiger partial charge < -0.3 is 10.2 Å². The lowest BCUT2D eigenvalue weighted by Crippen LogP contribution is -2.25. The Morgan fingerprint density at radius 1 is 1.35 bits per heavy atom. The number of aromatic amines is 1. The van der Waals surface area contributed by atoms with Gasteiger partial charge in [-0.15, -0.1) is 0 Å². The van der Waals surface area contributed by atoms with Crippen LogP contribution >= 0.6 is 0 Å². The van der Waals surface area contributed by atoms with Gasteiger partial charge in [-0.05, 0) is 30.7 Å². The fraction of sp³-hybridized carbons (Fsp3) is 0.333. The number of amides is 1. The van der Waals surface area contributed by atoms with Gasteiger partial charge in [-0.25, -0.2) is 0 Å². The maximum Gasteiger partial charge on any atom is 0.253 e. The van der Waals surface area contributed by atoms with Crippen LogP contribution in [0.1, 0.15) is 29.3 Å². The zero-order chi connectivity index (χ0) is 14.4. The maximum atomic E-state index is 12.3. The van der Waals surface area contributed by atoms with E-state index >= 15 is 0 Å². The van der Waals surface area contributed by atoms with Crippen molar-refractivity contribution in [3.63, 3.8) is 0 Å². The topological polar surface area (TPSA) is 61.0 Å². The standard InChI is InChI=1S/C15H20N4O/c1-3-8-16-14-6-4-13(5-7-14)15(20)19(2)11-12-9-17-18-10-12/h4-7,9-10,16H,3,8,11H2,1-2H3,(H,17,18). The van der Waals surface area contributed by atoms with Crippen LogP contribution in [0.25, 0.3) is 0 Å². The molecule has 0 saturated heterocycles. The summed E-state index contributed by atoms with van der Waals surface area (Å²) in [5.74, 6) is 0.00763. The lowest BCUT2D eigenvalue weighted by molar-refractivity contribution is 0.0785. The highest BCUT2D eigenvalue weighted by atomic mass is 16.2. The van der Waals surface area contributed by atoms with Crippen molar-refractivity contribution in [3.8, 4) is 0 Å². The van der Waals surface area contributed by atoms with Crippen molar-refractivity contribution in [1.82, 2.24) is 15.1 Å². The van der Waals surface area contributed by atoms with Crippen molar-refractivity contribution in [3.05, 3.63) is 47.8 Å². The summed E-state index contributed by atoms with van der Waals surface area (Å²) in [6.45, 7) is 3.61. The molecule has 0 bridgehead atoms. The molecule has 0 saturated carbocycles. The minimum atomic E-state index is 0.00763. The van der Waals surface area contributed by atoms with Gasteiger partial charge in [0.25, 0.3) is 5.91 Å². The molecule has 0 aliphatic heterocycles. The number of carbonyl (C=O) groups is 1. The maximum absolute atomic E-state index is 12.3. The van der Waals surface area contributed by atoms with Crippen molar-refractivity contribution in [2.24, 2.45) is 0 Å². The summed E-state index contributed by atoms with van der Waals surface area (Å²) < 4.78 is 0. The van der Waals surface area contributed by atoms with E-state index in [0.29, 0.717) is 12.1 Å². The molecule has 20 heavy (non-hydrogen) atoms. The number of H-pyrrole nitrogens is 1. The van der Waals surface area contributed by atoms with Crippen LogP contribution in [-0.2, 0) is 6.54 Å². The van der Waals surface area contributed by atoms with Crippen LogP contribution < -0.4 is 5.32 Å². The molecular formula is C15H20N4O. The molecule has 0 fully saturated rings. The first-order valence-electron chi connectivity index (χ1n) is 6.77. The van der Waals surface area contributed by atoms with Gasteiger partial charge in [0.15, 0.2) is 0 Å². The molecule has 2 aromatic rings. The highest BCUT2D eigenvalue weighted by Crippen LogP contribution is 2.12. The normalized spacial score (nSPS) is 10.3. The van der Waals surface area contributed by atoms with Gasteiger partial charge in [0.2, 0.25) is 0 Å². The number of nitrogens with zero attached hydrogens (tertiary/aromatic N) is 2. The molecule has 2 N–H and O–H groups in total. The zero-order valence-corrected chi connectivity index (χ0v) is 11.9. The molecule has 1 heterocycles. The molecule has 0 aliphatic rings. The molecule has 0 aliphatic carbocycles. The SMILES string of the molecule is CCCNc1ccc(C(=O)N(C)Cc2cn[nH]c2)cc1. The summed E-state index contributed by atoms with van der Waals surface area (Å²) in [5.41, 5.74) is 2.72. The fourth-order valence-electron chi connectivity index (χ4n) is 1.93. The number of benzene rings is 1. The number of aromatic nitrogens is 2. The van der Waals surface area contributed by atoms with Crippen LogP contribution in [0.3, 0.4) is 0 Å². The fourth-order valence-corrected chi connectivity index (χ4v) is 1.93. The second kappa shape index (κ2) is 6.75. The summed E-state index contributed by atoms with van der Waals surface area (Å²) in [6.07, 6.45) is 4.59. The van der Waals surface area contributed by atoms with Gasteiger partial charge in [-0.3, -0.25) is 9.89 Å². The predicted octanol–water partition coefficient (Wildman–Crippen LogP) is 2.50. The third kappa shape index (κ3) is 3.60. The van der Waals surface area contributed by atoms with Gasteiger partial charge in [-0.1, -0.05) is 6.92 Å². The Bertz CT molecular complexity index is 534. The molecule has 106 valence electrons. The van der Waals surface area contributed by atoms with Gasteiger partial charge in [-0.2, -0.15) is 5.10 Å². The number of hydrogen-bond donors (Lipinski definition) is 2. The van der Waals surface area contributed by atoms with Crippen LogP contribution in [0.4, 0.5) is 5.69 Å². The summed E-state index contributed by atoms with van der Waals surface area (Å²) in [7, 11) is 1.79. The molecule has 5 nitrogen and oxygen atoms in total. The molecule has 1 aromatic carbocycles. The second-order valence-electron chi connectivity index (χ2n) is 4.77. The summed E-state index contributed by atoms with van der Waals surface area (Å²) >= 11 is 0. The average molecular weight is 272 g/mol. The Morgan fingerprint density at radius 3 is 2.70 bits per heavy atom. The molecule has 5 heteroatoms. The highest BCUT2D eigenvalue weighted by Gasteiger charge is 2.12. The molecule has 0 spiro atoms. The van der Waals surface area contributed by atoms with Gasteiger partial charge >= 0.3 is 0 Å². The quantitative estimate of drug-likeness (QED) is 0.849. The van der Waals surface area contributed by atoms with Gasteiger partial charge in [0.05, 0.1) is 6.20 Å². The number of anilines is 1. The van der Waals surface area contributed by atoms with Crippen LogP contribution in [0.2, 0.25) is 0 Å². The number of rotatable bonds is 6. The lowest BCUT2D eigenvalue weighted by Gasteiger charge is -2.16. The monoisotopic (exact) mass is 272 g/mol. The number of hydrogen-bond acceptors (Lipinski definition) is 3. The third-order valence-corrected chi connectivity index (χ3v) is 3.03. The van der Waals surface area contributed by atoms with Crippen LogP contribution in [0.5, 0.6) is 0 Å². The third-order valence-electron chi connectivity index (χ3n) is 3.03. The molecule has 0 radical (unpaired) electrons. The van der Waals surface area contributed by atoms with E-state index in [9.17, 15) is 4.79 Å². The average Bonchev–Trinajstić information content (AvgIpc) is 2.97. The summed E-state index contributed by atoms with van der Waals surface area (Å²) in [4.78, 5) is 14.0. The minimum absolute atomic E-state index is 0.00763. The van der Waals surface area contributed by atoms with E-state index in [1.807, 2.05) is 24.3 Å². The van der Waals surface area contributed by atoms with E-state index in [-0.39, 0.29) is 5.91 Å². The van der Waals surface area contributed by atoms with E-state index in [2.05, 4.69) is 22.4 Å². The first-order chi connectivity index (χ1) is 9.70. The van der Waals surface area contributed by atoms with Crippen LogP contribution in [0.15, 0.2) is 36.7 Å². The Kier molecular flexibility index (Phi) is 4.76. The first-order valence-corrected chi connectivity index (χ1v) is 6.77. The Labute approximate surface area is 119 Å². The van der Waals surface area contributed by atoms with E-state index < -0.39 is 0 Å². The molecule has 1 aromatic heterocycles. The van der Waals surface area contributed by atoms with Crippen molar-refractivity contribution >= 4 is 11.6 Å². The van der Waals surface area contributed by atoms with Crippen molar-refractivity contribution in [1.29, 1.82) is 0 Å². The predicted molar refractivity (Wildman–Crippen MR) is 79.6 cm³/mol. The Balaban J connectivity index is 1.97. The molecule has 0 unspecified atom stereocenters. The van der Waals surface area contributed by atoms with E-state index in [1.54, 1.807) is 24.3 Å². The Morgan fingerprint density at radius 2 is 2.10 bits per heavy atom. The van der Waals surface area contributed by atoms with Gasteiger partial charge in [0, 0.05) is 43.1 Å². The van der Waals surface area contributed by atoms with Crippen LogP contribution in [-0.4, -0.2) is 34.6 Å². The van der Waals surface area contributed by atoms with E-state index in [1.165, 1.54) is 0 Å². The highest BCUT2D eigenvalue weighted by molar-refractivity contribution is 5.94. The largest absolute Gasteiger partial charge is 0.385 e. The van der Waals surface area contributed by atoms with E-state index in [4.69, 9.17) is 0 Å². The smallest absolute Gasteiger partial charge is 0.253 e.